The van der Waals surface area contributed by atoms with Crippen LogP contribution in [0.2, 0.25) is 0 Å². The molecule has 0 fully saturated rings. The Kier molecular flexibility index (Phi) is 7.56. The first kappa shape index (κ1) is 28.0. The van der Waals surface area contributed by atoms with E-state index in [2.05, 4.69) is 20.3 Å². The van der Waals surface area contributed by atoms with E-state index in [1.807, 2.05) is 0 Å². The standard InChI is InChI=1S/C21H17F3N4O7P2S/c22-21(23,24)13-4-5-15(25-10-13)16(29)9-11-2-1-3-12(8-11)17-26-18(14-6-7-38-19(14)27-17)28-20(36(30,31)32)37(33,34)35/h1-8,10,20H,9H2,(H,26,27,28)(H2,30,31,32)(H2,33,34,35). The van der Waals surface area contributed by atoms with E-state index in [1.165, 1.54) is 12.1 Å². The number of pyridine rings is 1. The van der Waals surface area contributed by atoms with E-state index in [9.17, 15) is 46.7 Å². The first-order valence-corrected chi connectivity index (χ1v) is 14.6. The van der Waals surface area contributed by atoms with Crippen molar-refractivity contribution in [1.29, 1.82) is 0 Å². The van der Waals surface area contributed by atoms with Gasteiger partial charge in [0.05, 0.1) is 10.9 Å². The molecule has 11 nitrogen and oxygen atoms in total. The predicted molar refractivity (Wildman–Crippen MR) is 132 cm³/mol. The highest BCUT2D eigenvalue weighted by molar-refractivity contribution is 7.71. The van der Waals surface area contributed by atoms with Crippen molar-refractivity contribution < 1.29 is 46.7 Å². The second-order valence-corrected chi connectivity index (χ2v) is 12.7. The van der Waals surface area contributed by atoms with Gasteiger partial charge in [0.15, 0.2) is 11.6 Å². The van der Waals surface area contributed by atoms with Crippen LogP contribution in [0.1, 0.15) is 21.6 Å². The number of hydrogen-bond acceptors (Lipinski definition) is 8. The predicted octanol–water partition coefficient (Wildman–Crippen LogP) is 4.25. The number of anilines is 1. The lowest BCUT2D eigenvalue weighted by Gasteiger charge is -2.21. The van der Waals surface area contributed by atoms with Gasteiger partial charge in [-0.25, -0.2) is 9.97 Å². The third-order valence-electron chi connectivity index (χ3n) is 5.15. The van der Waals surface area contributed by atoms with E-state index in [0.29, 0.717) is 22.2 Å². The molecule has 0 saturated heterocycles. The molecule has 0 aliphatic rings. The van der Waals surface area contributed by atoms with Gasteiger partial charge in [0.1, 0.15) is 16.3 Å². The van der Waals surface area contributed by atoms with Gasteiger partial charge in [-0.2, -0.15) is 13.2 Å². The second kappa shape index (κ2) is 10.3. The topological polar surface area (TPSA) is 183 Å². The number of Topliss-reactive ketones (excluding diaryl/α,β-unsaturated/α-hetero) is 1. The Morgan fingerprint density at radius 2 is 1.74 bits per heavy atom. The molecule has 17 heteroatoms. The number of fused-ring (bicyclic) bond motifs is 1. The molecular formula is C21H17F3N4O7P2S. The van der Waals surface area contributed by atoms with E-state index >= 15 is 0 Å². The average Bonchev–Trinajstić information content (AvgIpc) is 3.29. The van der Waals surface area contributed by atoms with Crippen molar-refractivity contribution in [2.45, 2.75) is 18.1 Å². The van der Waals surface area contributed by atoms with Gasteiger partial charge in [0.2, 0.25) is 5.52 Å². The summed E-state index contributed by atoms with van der Waals surface area (Å²) in [5.41, 5.74) is -2.88. The number of nitrogens with one attached hydrogen (secondary N) is 1. The van der Waals surface area contributed by atoms with Gasteiger partial charge in [-0.15, -0.1) is 11.3 Å². The highest BCUT2D eigenvalue weighted by Gasteiger charge is 2.44. The first-order valence-electron chi connectivity index (χ1n) is 10.4. The number of alkyl halides is 3. The minimum absolute atomic E-state index is 0.0274. The van der Waals surface area contributed by atoms with E-state index in [-0.39, 0.29) is 29.1 Å². The quantitative estimate of drug-likeness (QED) is 0.147. The van der Waals surface area contributed by atoms with Crippen LogP contribution >= 0.6 is 26.5 Å². The van der Waals surface area contributed by atoms with Gasteiger partial charge in [-0.1, -0.05) is 18.2 Å². The number of rotatable bonds is 8. The molecule has 0 aliphatic heterocycles. The Bertz CT molecular complexity index is 1580. The summed E-state index contributed by atoms with van der Waals surface area (Å²) in [4.78, 5) is 63.0. The molecule has 38 heavy (non-hydrogen) atoms. The highest BCUT2D eigenvalue weighted by atomic mass is 32.1. The number of aromatic nitrogens is 3. The molecular weight excluding hydrogens is 571 g/mol. The van der Waals surface area contributed by atoms with Crippen LogP contribution in [0, 0.1) is 0 Å². The van der Waals surface area contributed by atoms with Crippen molar-refractivity contribution >= 4 is 48.3 Å². The molecule has 0 saturated carbocycles. The molecule has 1 aromatic carbocycles. The van der Waals surface area contributed by atoms with E-state index in [4.69, 9.17) is 0 Å². The van der Waals surface area contributed by atoms with Crippen LogP contribution in [0.25, 0.3) is 21.6 Å². The molecule has 0 radical (unpaired) electrons. The first-order chi connectivity index (χ1) is 17.6. The minimum atomic E-state index is -5.31. The van der Waals surface area contributed by atoms with Crippen LogP contribution < -0.4 is 5.32 Å². The molecule has 0 atom stereocenters. The molecule has 3 heterocycles. The summed E-state index contributed by atoms with van der Waals surface area (Å²) in [6.07, 6.45) is -4.22. The molecule has 0 amide bonds. The molecule has 4 aromatic rings. The number of halogens is 3. The third-order valence-corrected chi connectivity index (χ3v) is 9.30. The number of ketones is 1. The van der Waals surface area contributed by atoms with Crippen molar-refractivity contribution in [2.24, 2.45) is 0 Å². The average molecular weight is 588 g/mol. The summed E-state index contributed by atoms with van der Waals surface area (Å²) in [5.74, 6) is -0.739. The number of hydrogen-bond donors (Lipinski definition) is 5. The maximum atomic E-state index is 12.7. The Hall–Kier alpha value is -3.03. The second-order valence-electron chi connectivity index (χ2n) is 7.96. The van der Waals surface area contributed by atoms with Crippen LogP contribution in [-0.4, -0.2) is 45.8 Å². The zero-order valence-corrected chi connectivity index (χ0v) is 21.4. The monoisotopic (exact) mass is 588 g/mol. The number of nitrogens with zero attached hydrogens (tertiary/aromatic N) is 3. The fourth-order valence-electron chi connectivity index (χ4n) is 3.40. The summed E-state index contributed by atoms with van der Waals surface area (Å²) < 4.78 is 61.7. The summed E-state index contributed by atoms with van der Waals surface area (Å²) >= 11 is 1.15. The lowest BCUT2D eigenvalue weighted by atomic mass is 10.0. The Morgan fingerprint density at radius 1 is 1.03 bits per heavy atom. The van der Waals surface area contributed by atoms with Crippen molar-refractivity contribution in [1.82, 2.24) is 15.0 Å². The van der Waals surface area contributed by atoms with Gasteiger partial charge in [0, 0.05) is 18.2 Å². The van der Waals surface area contributed by atoms with Crippen LogP contribution in [0.4, 0.5) is 19.0 Å². The Balaban J connectivity index is 1.65. The van der Waals surface area contributed by atoms with Gasteiger partial charge >= 0.3 is 21.4 Å². The van der Waals surface area contributed by atoms with Gasteiger partial charge < -0.3 is 24.9 Å². The Labute approximate surface area is 215 Å². The molecule has 4 rings (SSSR count). The number of carbonyl (C=O) groups excluding carboxylic acids is 1. The third kappa shape index (κ3) is 6.33. The van der Waals surface area contributed by atoms with E-state index in [0.717, 1.165) is 23.5 Å². The molecule has 0 bridgehead atoms. The number of thiophene rings is 1. The molecule has 0 spiro atoms. The van der Waals surface area contributed by atoms with Gasteiger partial charge in [-0.3, -0.25) is 18.9 Å². The molecule has 200 valence electrons. The number of benzene rings is 1. The molecule has 0 aliphatic carbocycles. The van der Waals surface area contributed by atoms with Crippen molar-refractivity contribution in [3.63, 3.8) is 0 Å². The lowest BCUT2D eigenvalue weighted by Crippen LogP contribution is -2.21. The molecule has 0 unspecified atom stereocenters. The van der Waals surface area contributed by atoms with Gasteiger partial charge in [-0.05, 0) is 35.2 Å². The summed E-state index contributed by atoms with van der Waals surface area (Å²) in [6.45, 7) is 0. The van der Waals surface area contributed by atoms with Crippen molar-refractivity contribution in [2.75, 3.05) is 5.32 Å². The Morgan fingerprint density at radius 3 is 2.34 bits per heavy atom. The van der Waals surface area contributed by atoms with Crippen molar-refractivity contribution in [3.05, 3.63) is 70.9 Å². The van der Waals surface area contributed by atoms with Crippen LogP contribution in [0.3, 0.4) is 0 Å². The van der Waals surface area contributed by atoms with Crippen molar-refractivity contribution in [3.8, 4) is 11.4 Å². The van der Waals surface area contributed by atoms with E-state index < -0.39 is 38.2 Å². The largest absolute Gasteiger partial charge is 0.417 e. The normalized spacial score (nSPS) is 12.7. The van der Waals surface area contributed by atoms with E-state index in [1.54, 1.807) is 23.6 Å². The van der Waals surface area contributed by atoms with Gasteiger partial charge in [0.25, 0.3) is 0 Å². The summed E-state index contributed by atoms with van der Waals surface area (Å²) in [6, 6.07) is 9.52. The fraction of sp³-hybridized carbons (Fsp3) is 0.143. The highest BCUT2D eigenvalue weighted by Crippen LogP contribution is 2.59. The zero-order chi connectivity index (χ0) is 27.9. The smallest absolute Gasteiger partial charge is 0.346 e. The van der Waals surface area contributed by atoms with Crippen LogP contribution in [0.15, 0.2) is 54.0 Å². The summed E-state index contributed by atoms with van der Waals surface area (Å²) in [5, 5.41) is 4.04. The maximum Gasteiger partial charge on any atom is 0.417 e. The fourth-order valence-corrected chi connectivity index (χ4v) is 6.32. The number of carbonyl (C=O) groups is 1. The summed E-state index contributed by atoms with van der Waals surface area (Å²) in [7, 11) is -10.6. The minimum Gasteiger partial charge on any atom is -0.346 e. The van der Waals surface area contributed by atoms with Crippen LogP contribution in [0.5, 0.6) is 0 Å². The maximum absolute atomic E-state index is 12.7. The lowest BCUT2D eigenvalue weighted by molar-refractivity contribution is -0.137. The van der Waals surface area contributed by atoms with Crippen LogP contribution in [-0.2, 0) is 21.7 Å². The SMILES string of the molecule is O=C(Cc1cccc(-c2nc(NC(P(=O)(O)O)P(=O)(O)O)c3ccsc3n2)c1)c1ccc(C(F)(F)F)cn1. The molecule has 3 aromatic heterocycles. The zero-order valence-electron chi connectivity index (χ0n) is 18.8. The molecule has 5 N–H and O–H groups in total.